The molecule has 1 aliphatic heterocycles. The van der Waals surface area contributed by atoms with E-state index in [4.69, 9.17) is 19.3 Å². The number of nitrogens with one attached hydrogen (secondary N) is 3. The molecule has 1 fully saturated rings. The molecule has 1 saturated heterocycles. The first-order chi connectivity index (χ1) is 30.5. The Balaban J connectivity index is 1.88. The number of likely N-dealkylation sites (tertiary alicyclic amines) is 1. The van der Waals surface area contributed by atoms with Gasteiger partial charge in [0, 0.05) is 44.3 Å². The van der Waals surface area contributed by atoms with Crippen molar-refractivity contribution in [2.45, 2.75) is 130 Å². The van der Waals surface area contributed by atoms with E-state index in [1.54, 1.807) is 24.1 Å². The maximum absolute atomic E-state index is 14.3. The fraction of sp³-hybridized carbons (Fsp3) is 0.651. The number of carbonyl (C=O) groups is 6. The lowest BCUT2D eigenvalue weighted by Gasteiger charge is -2.38. The molecular weight excluding hydrogens is 904 g/mol. The third-order valence-corrected chi connectivity index (χ3v) is 13.1. The van der Waals surface area contributed by atoms with Crippen LogP contribution in [0, 0.1) is 17.8 Å². The SMILES string of the molecule is CC[C@H](C)[C@H](NC(=O)C1CCCCN1C)C(=O)N(C)[C@H](C[C@@H](OC(C)=O)c1nc(C(=O)N[C@@H](Cc2ccc(OCOP(=O)(O)O)c(NC(=O)CCCS)c2)CC(C)C(=O)O)cs1)C(C)C. The van der Waals surface area contributed by atoms with Crippen LogP contribution in [0.5, 0.6) is 5.75 Å². The van der Waals surface area contributed by atoms with Gasteiger partial charge in [-0.2, -0.15) is 12.6 Å². The molecule has 22 heteroatoms. The molecule has 1 aromatic heterocycles. The number of thiol groups is 1. The van der Waals surface area contributed by atoms with Crippen molar-refractivity contribution in [1.29, 1.82) is 0 Å². The van der Waals surface area contributed by atoms with Crippen molar-refractivity contribution in [3.8, 4) is 5.75 Å². The number of anilines is 1. The number of carboxylic acid groups (broad SMARTS) is 1. The molecule has 7 atom stereocenters. The fourth-order valence-corrected chi connectivity index (χ4v) is 8.75. The molecule has 3 rings (SSSR count). The van der Waals surface area contributed by atoms with Gasteiger partial charge in [-0.05, 0) is 81.0 Å². The molecule has 0 aliphatic carbocycles. The summed E-state index contributed by atoms with van der Waals surface area (Å²) in [6, 6.07) is 2.21. The third-order valence-electron chi connectivity index (χ3n) is 11.5. The number of hydrogen-bond donors (Lipinski definition) is 7. The molecule has 1 aromatic carbocycles. The number of phosphoric acid groups is 1. The highest BCUT2D eigenvalue weighted by Gasteiger charge is 2.37. The van der Waals surface area contributed by atoms with Crippen LogP contribution in [0.2, 0.25) is 0 Å². The van der Waals surface area contributed by atoms with Crippen molar-refractivity contribution in [2.24, 2.45) is 17.8 Å². The lowest BCUT2D eigenvalue weighted by atomic mass is 9.92. The second-order valence-corrected chi connectivity index (χ2v) is 19.5. The average Bonchev–Trinajstić information content (AvgIpc) is 3.73. The molecule has 364 valence electrons. The van der Waals surface area contributed by atoms with E-state index in [0.29, 0.717) is 35.6 Å². The number of carbonyl (C=O) groups excluding carboxylic acids is 5. The average molecular weight is 971 g/mol. The highest BCUT2D eigenvalue weighted by molar-refractivity contribution is 7.80. The van der Waals surface area contributed by atoms with Gasteiger partial charge in [0.05, 0.1) is 17.6 Å². The Hall–Kier alpha value is -4.11. The van der Waals surface area contributed by atoms with Crippen LogP contribution < -0.4 is 20.7 Å². The molecule has 0 spiro atoms. The lowest BCUT2D eigenvalue weighted by Crippen LogP contribution is -2.58. The van der Waals surface area contributed by atoms with Gasteiger partial charge < -0.3 is 45.2 Å². The van der Waals surface area contributed by atoms with Gasteiger partial charge >= 0.3 is 19.8 Å². The van der Waals surface area contributed by atoms with Gasteiger partial charge in [-0.25, -0.2) is 14.1 Å². The van der Waals surface area contributed by atoms with Gasteiger partial charge in [0.15, 0.2) is 12.9 Å². The number of ether oxygens (including phenoxy) is 2. The van der Waals surface area contributed by atoms with Gasteiger partial charge in [-0.1, -0.05) is 53.5 Å². The Morgan fingerprint density at radius 1 is 1.08 bits per heavy atom. The lowest BCUT2D eigenvalue weighted by molar-refractivity contribution is -0.149. The van der Waals surface area contributed by atoms with Crippen LogP contribution in [-0.4, -0.2) is 123 Å². The van der Waals surface area contributed by atoms with Crippen LogP contribution in [-0.2, 0) is 44.2 Å². The summed E-state index contributed by atoms with van der Waals surface area (Å²) < 4.78 is 26.8. The topological polar surface area (TPSA) is 263 Å². The van der Waals surface area contributed by atoms with Crippen molar-refractivity contribution in [3.05, 3.63) is 39.8 Å². The van der Waals surface area contributed by atoms with E-state index in [1.165, 1.54) is 25.3 Å². The third kappa shape index (κ3) is 17.9. The monoisotopic (exact) mass is 970 g/mol. The molecule has 0 bridgehead atoms. The number of thiazole rings is 1. The van der Waals surface area contributed by atoms with Gasteiger partial charge in [0.2, 0.25) is 17.7 Å². The number of aliphatic carboxylic acids is 1. The first-order valence-corrected chi connectivity index (χ1v) is 24.9. The predicted octanol–water partition coefficient (Wildman–Crippen LogP) is 5.18. The van der Waals surface area contributed by atoms with Gasteiger partial charge in [0.25, 0.3) is 5.91 Å². The highest BCUT2D eigenvalue weighted by Crippen LogP contribution is 2.37. The van der Waals surface area contributed by atoms with Gasteiger partial charge in [-0.3, -0.25) is 33.7 Å². The summed E-state index contributed by atoms with van der Waals surface area (Å²) in [5.41, 5.74) is 0.681. The van der Waals surface area contributed by atoms with Crippen LogP contribution in [0.25, 0.3) is 0 Å². The molecular formula is C43H67N6O13PS2. The molecule has 0 saturated carbocycles. The minimum atomic E-state index is -4.86. The van der Waals surface area contributed by atoms with Gasteiger partial charge in [0.1, 0.15) is 22.5 Å². The normalized spacial score (nSPS) is 17.2. The maximum atomic E-state index is 14.3. The Labute approximate surface area is 390 Å². The molecule has 0 radical (unpaired) electrons. The van der Waals surface area contributed by atoms with E-state index < -0.39 is 62.6 Å². The van der Waals surface area contributed by atoms with Crippen molar-refractivity contribution in [3.63, 3.8) is 0 Å². The second kappa shape index (κ2) is 26.3. The minimum Gasteiger partial charge on any atom is -0.481 e. The van der Waals surface area contributed by atoms with Crippen molar-refractivity contribution in [1.82, 2.24) is 25.4 Å². The Bertz CT molecular complexity index is 1980. The van der Waals surface area contributed by atoms with E-state index in [1.807, 2.05) is 39.6 Å². The van der Waals surface area contributed by atoms with Crippen molar-refractivity contribution >= 4 is 73.0 Å². The minimum absolute atomic E-state index is 0.00195. The van der Waals surface area contributed by atoms with Crippen LogP contribution in [0.4, 0.5) is 5.69 Å². The van der Waals surface area contributed by atoms with Gasteiger partial charge in [-0.15, -0.1) is 11.3 Å². The summed E-state index contributed by atoms with van der Waals surface area (Å²) >= 11 is 5.23. The van der Waals surface area contributed by atoms with E-state index in [-0.39, 0.29) is 78.4 Å². The molecule has 19 nitrogen and oxygen atoms in total. The second-order valence-electron chi connectivity index (χ2n) is 17.0. The highest BCUT2D eigenvalue weighted by atomic mass is 32.1. The predicted molar refractivity (Wildman–Crippen MR) is 247 cm³/mol. The number of nitrogens with zero attached hydrogens (tertiary/aromatic N) is 3. The molecule has 4 amide bonds. The first kappa shape index (κ1) is 55.2. The number of piperidine rings is 1. The van der Waals surface area contributed by atoms with Crippen LogP contribution in [0.3, 0.4) is 0 Å². The molecule has 1 aliphatic rings. The summed E-state index contributed by atoms with van der Waals surface area (Å²) in [5.74, 6) is -3.85. The number of carboxylic acids is 1. The summed E-state index contributed by atoms with van der Waals surface area (Å²) in [4.78, 5) is 105. The molecule has 2 unspecified atom stereocenters. The summed E-state index contributed by atoms with van der Waals surface area (Å²) in [6.07, 6.45) is 3.15. The molecule has 2 aromatic rings. The van der Waals surface area contributed by atoms with Crippen LogP contribution >= 0.6 is 31.8 Å². The smallest absolute Gasteiger partial charge is 0.472 e. The largest absolute Gasteiger partial charge is 0.481 e. The number of phosphoric ester groups is 1. The number of benzene rings is 1. The molecule has 6 N–H and O–H groups in total. The Morgan fingerprint density at radius 3 is 2.38 bits per heavy atom. The van der Waals surface area contributed by atoms with E-state index in [0.717, 1.165) is 30.7 Å². The number of likely N-dealkylation sites (N-methyl/N-ethyl adjacent to an activating group) is 2. The van der Waals surface area contributed by atoms with E-state index >= 15 is 0 Å². The Kier molecular flexibility index (Phi) is 22.3. The first-order valence-electron chi connectivity index (χ1n) is 21.8. The van der Waals surface area contributed by atoms with Crippen molar-refractivity contribution in [2.75, 3.05) is 38.5 Å². The number of hydrogen-bond acceptors (Lipinski definition) is 14. The molecule has 65 heavy (non-hydrogen) atoms. The molecule has 2 heterocycles. The quantitative estimate of drug-likeness (QED) is 0.0277. The van der Waals surface area contributed by atoms with Crippen LogP contribution in [0.1, 0.15) is 120 Å². The zero-order valence-electron chi connectivity index (χ0n) is 38.5. The number of aromatic nitrogens is 1. The zero-order chi connectivity index (χ0) is 48.6. The van der Waals surface area contributed by atoms with E-state index in [2.05, 4.69) is 38.1 Å². The zero-order valence-corrected chi connectivity index (χ0v) is 41.1. The number of rotatable bonds is 26. The van der Waals surface area contributed by atoms with Crippen molar-refractivity contribution < 1.29 is 62.2 Å². The summed E-state index contributed by atoms with van der Waals surface area (Å²) in [5, 5.41) is 20.2. The van der Waals surface area contributed by atoms with E-state index in [9.17, 15) is 38.4 Å². The number of amides is 4. The maximum Gasteiger partial charge on any atom is 0.472 e. The van der Waals surface area contributed by atoms with Crippen LogP contribution in [0.15, 0.2) is 23.6 Å². The fourth-order valence-electron chi connectivity index (χ4n) is 7.56. The summed E-state index contributed by atoms with van der Waals surface area (Å²) in [7, 11) is -1.27. The Morgan fingerprint density at radius 2 is 1.78 bits per heavy atom. The number of esters is 1. The summed E-state index contributed by atoms with van der Waals surface area (Å²) in [6.45, 7) is 10.5. The standard InChI is InChI=1S/C43H67N6O13PS2/c1-9-26(4)38(47-40(53)33-13-10-11-17-48(33)7)42(54)49(8)34(25(2)3)22-36(62-28(6)50)41-46-32(23-65-41)39(52)44-30(19-27(5)43(55)56)20-29-15-16-35(60-24-61-63(57,58)59)31(21-29)45-37(51)14-12-18-64/h15-16,21,23,25-27,30,33-34,36,38,64H,9-14,17-20,22,24H2,1-8H3,(H,44,52)(H,45,51)(H,47,53)(H,55,56)(H2,57,58,59)/t26-,27?,30+,33?,34+,36+,38-/m0/s1.